The van der Waals surface area contributed by atoms with Crippen molar-refractivity contribution in [2.45, 2.75) is 0 Å². The second-order valence-corrected chi connectivity index (χ2v) is 0. The molecular weight excluding hydrogens is 166 g/mol. The molecule has 0 aromatic heterocycles. The summed E-state index contributed by atoms with van der Waals surface area (Å²) < 4.78 is 0. The van der Waals surface area contributed by atoms with Crippen molar-refractivity contribution < 1.29 is 55.9 Å². The van der Waals surface area contributed by atoms with Gasteiger partial charge in [-0.05, 0) is 0 Å². The molecule has 0 bridgehead atoms. The molecule has 2 radical (unpaired) electrons. The topological polar surface area (TPSA) is 0 Å². The Bertz CT molecular complexity index is 8.00. The van der Waals surface area contributed by atoms with E-state index in [-0.39, 0.29) is 74.7 Å². The molecule has 4 heteroatoms. The SMILES string of the molecule is [Fe].[Li].[Mn].[Ti]. The minimum absolute atomic E-state index is 0. The van der Waals surface area contributed by atoms with E-state index in [1.54, 1.807) is 0 Å². The monoisotopic (exact) mass is 166 g/mol. The van der Waals surface area contributed by atoms with Gasteiger partial charge in [-0.3, -0.25) is 0 Å². The van der Waals surface area contributed by atoms with Crippen LogP contribution in [0.3, 0.4) is 0 Å². The van der Waals surface area contributed by atoms with Gasteiger partial charge >= 0.3 is 0 Å². The summed E-state index contributed by atoms with van der Waals surface area (Å²) in [5.41, 5.74) is 0. The van der Waals surface area contributed by atoms with E-state index < -0.39 is 0 Å². The predicted octanol–water partition coefficient (Wildman–Crippen LogP) is -0.388. The van der Waals surface area contributed by atoms with E-state index >= 15 is 0 Å². The van der Waals surface area contributed by atoms with Crippen LogP contribution in [0.5, 0.6) is 0 Å². The molecule has 0 aromatic carbocycles. The first-order valence-electron chi connectivity index (χ1n) is 0. The van der Waals surface area contributed by atoms with Crippen molar-refractivity contribution in [1.29, 1.82) is 0 Å². The Labute approximate surface area is 73.9 Å². The van der Waals surface area contributed by atoms with Gasteiger partial charge in [-0.25, -0.2) is 0 Å². The molecular formula is FeLiMnTi. The van der Waals surface area contributed by atoms with E-state index in [1.165, 1.54) is 0 Å². The summed E-state index contributed by atoms with van der Waals surface area (Å²) in [4.78, 5) is 0. The van der Waals surface area contributed by atoms with Crippen molar-refractivity contribution in [3.63, 3.8) is 0 Å². The van der Waals surface area contributed by atoms with E-state index in [9.17, 15) is 0 Å². The van der Waals surface area contributed by atoms with Gasteiger partial charge in [0.1, 0.15) is 0 Å². The fourth-order valence-electron chi connectivity index (χ4n) is 0. The van der Waals surface area contributed by atoms with Gasteiger partial charge in [0.25, 0.3) is 0 Å². The molecule has 0 aliphatic heterocycles. The predicted molar refractivity (Wildman–Crippen MR) is 5.75 cm³/mol. The van der Waals surface area contributed by atoms with Gasteiger partial charge in [0.05, 0.1) is 0 Å². The fourth-order valence-corrected chi connectivity index (χ4v) is 0. The van der Waals surface area contributed by atoms with Gasteiger partial charge in [-0.1, -0.05) is 0 Å². The molecule has 0 atom stereocenters. The minimum atomic E-state index is 0. The van der Waals surface area contributed by atoms with Crippen molar-refractivity contribution >= 4 is 18.9 Å². The van der Waals surface area contributed by atoms with Crippen LogP contribution in [0, 0.1) is 0 Å². The molecule has 0 spiro atoms. The van der Waals surface area contributed by atoms with Crippen LogP contribution < -0.4 is 0 Å². The molecule has 0 aromatic rings. The molecule has 0 unspecified atom stereocenters. The van der Waals surface area contributed by atoms with Crippen LogP contribution in [-0.2, 0) is 55.9 Å². The molecule has 0 amide bonds. The van der Waals surface area contributed by atoms with Crippen molar-refractivity contribution in [2.24, 2.45) is 0 Å². The Kier molecular flexibility index (Phi) is 151. The summed E-state index contributed by atoms with van der Waals surface area (Å²) in [5, 5.41) is 0. The van der Waals surface area contributed by atoms with Crippen LogP contribution in [0.2, 0.25) is 0 Å². The van der Waals surface area contributed by atoms with Crippen LogP contribution in [0.4, 0.5) is 0 Å². The van der Waals surface area contributed by atoms with Crippen LogP contribution in [0.1, 0.15) is 0 Å². The third-order valence-electron chi connectivity index (χ3n) is 0. The van der Waals surface area contributed by atoms with Gasteiger partial charge < -0.3 is 0 Å². The van der Waals surface area contributed by atoms with Gasteiger partial charge in [-0.15, -0.1) is 0 Å². The Hall–Kier alpha value is 2.35. The molecule has 4 heavy (non-hydrogen) atoms. The van der Waals surface area contributed by atoms with Gasteiger partial charge in [0.15, 0.2) is 0 Å². The standard InChI is InChI=1S/Fe.Li.Mn.Ti. The van der Waals surface area contributed by atoms with Crippen molar-refractivity contribution in [2.75, 3.05) is 0 Å². The average molecular weight is 166 g/mol. The zero-order valence-electron chi connectivity index (χ0n) is 2.23. The van der Waals surface area contributed by atoms with Crippen LogP contribution >= 0.6 is 0 Å². The molecule has 0 saturated heterocycles. The Morgan fingerprint density at radius 2 is 1.00 bits per heavy atom. The molecule has 0 aliphatic carbocycles. The quantitative estimate of drug-likeness (QED) is 0.429. The Morgan fingerprint density at radius 3 is 1.00 bits per heavy atom. The van der Waals surface area contributed by atoms with E-state index in [0.717, 1.165) is 0 Å². The first-order valence-corrected chi connectivity index (χ1v) is 0. The summed E-state index contributed by atoms with van der Waals surface area (Å²) >= 11 is 0. The van der Waals surface area contributed by atoms with Crippen molar-refractivity contribution in [3.8, 4) is 0 Å². The fraction of sp³-hybridized carbons (Fsp3) is 0. The number of hydrogen-bond donors (Lipinski definition) is 0. The van der Waals surface area contributed by atoms with Crippen LogP contribution in [0.25, 0.3) is 0 Å². The smallest absolute Gasteiger partial charge is 0 e. The molecule has 0 saturated carbocycles. The van der Waals surface area contributed by atoms with Crippen molar-refractivity contribution in [1.82, 2.24) is 0 Å². The number of rotatable bonds is 0. The molecule has 0 rings (SSSR count). The second kappa shape index (κ2) is 18.3. The maximum absolute atomic E-state index is 0. The summed E-state index contributed by atoms with van der Waals surface area (Å²) in [6.45, 7) is 0. The number of hydrogen-bond acceptors (Lipinski definition) is 0. The Balaban J connectivity index is 0. The van der Waals surface area contributed by atoms with E-state index in [0.29, 0.717) is 0 Å². The first kappa shape index (κ1) is 32.9. The molecule has 0 N–H and O–H groups in total. The minimum Gasteiger partial charge on any atom is 0 e. The summed E-state index contributed by atoms with van der Waals surface area (Å²) in [5.74, 6) is 0. The van der Waals surface area contributed by atoms with Crippen LogP contribution in [0.15, 0.2) is 0 Å². The largest absolute Gasteiger partial charge is 0 e. The Morgan fingerprint density at radius 1 is 1.00 bits per heavy atom. The second-order valence-electron chi connectivity index (χ2n) is 0. The summed E-state index contributed by atoms with van der Waals surface area (Å²) in [6, 6.07) is 0. The van der Waals surface area contributed by atoms with Crippen molar-refractivity contribution in [3.05, 3.63) is 0 Å². The van der Waals surface area contributed by atoms with Gasteiger partial charge in [0.2, 0.25) is 0 Å². The summed E-state index contributed by atoms with van der Waals surface area (Å²) in [6.07, 6.45) is 0. The van der Waals surface area contributed by atoms with E-state index in [1.807, 2.05) is 0 Å². The maximum Gasteiger partial charge on any atom is 0 e. The average Bonchev–Trinajstić information content (AvgIpc) is 0. The zero-order valence-corrected chi connectivity index (χ0v) is 6.08. The third kappa shape index (κ3) is 8.84. The van der Waals surface area contributed by atoms with Gasteiger partial charge in [-0.2, -0.15) is 0 Å². The zero-order chi connectivity index (χ0) is 0. The summed E-state index contributed by atoms with van der Waals surface area (Å²) in [7, 11) is 0. The molecule has 0 aliphatic rings. The van der Waals surface area contributed by atoms with Gasteiger partial charge in [0, 0.05) is 74.7 Å². The first-order chi connectivity index (χ1) is 0. The maximum atomic E-state index is 0. The third-order valence-corrected chi connectivity index (χ3v) is 0. The van der Waals surface area contributed by atoms with E-state index in [2.05, 4.69) is 0 Å². The van der Waals surface area contributed by atoms with Crippen LogP contribution in [-0.4, -0.2) is 18.9 Å². The molecule has 0 fully saturated rings. The normalized spacial score (nSPS) is 0. The molecule has 0 nitrogen and oxygen atoms in total. The molecule has 20 valence electrons. The molecule has 0 heterocycles. The van der Waals surface area contributed by atoms with E-state index in [4.69, 9.17) is 0 Å².